The first kappa shape index (κ1) is 15.4. The minimum atomic E-state index is 0.229. The molecule has 0 radical (unpaired) electrons. The molecule has 0 aliphatic carbocycles. The van der Waals surface area contributed by atoms with Crippen LogP contribution in [0, 0.1) is 5.92 Å². The molecule has 2 atom stereocenters. The van der Waals surface area contributed by atoms with Gasteiger partial charge in [0, 0.05) is 13.0 Å². The van der Waals surface area contributed by atoms with E-state index in [4.69, 9.17) is 10.3 Å². The third-order valence-electron chi connectivity index (χ3n) is 4.10. The molecule has 1 fully saturated rings. The fourth-order valence-electron chi connectivity index (χ4n) is 2.54. The van der Waals surface area contributed by atoms with E-state index in [-0.39, 0.29) is 6.04 Å². The Bertz CT molecular complexity index is 408. The highest BCUT2D eigenvalue weighted by Gasteiger charge is 2.26. The number of aryl methyl sites for hydroxylation is 1. The first-order chi connectivity index (χ1) is 9.60. The van der Waals surface area contributed by atoms with E-state index in [1.165, 1.54) is 6.42 Å². The molecule has 2 rings (SSSR count). The molecule has 1 aliphatic rings. The van der Waals surface area contributed by atoms with Crippen LogP contribution in [0.2, 0.25) is 0 Å². The molecule has 0 bridgehead atoms. The van der Waals surface area contributed by atoms with Crippen LogP contribution in [0.3, 0.4) is 0 Å². The van der Waals surface area contributed by atoms with Crippen LogP contribution in [0.15, 0.2) is 4.52 Å². The highest BCUT2D eigenvalue weighted by Crippen LogP contribution is 2.21. The molecule has 2 N–H and O–H groups in total. The van der Waals surface area contributed by atoms with E-state index in [9.17, 15) is 0 Å². The summed E-state index contributed by atoms with van der Waals surface area (Å²) in [4.78, 5) is 9.23. The number of likely N-dealkylation sites (N-methyl/N-ethyl adjacent to an activating group) is 2. The molecular weight excluding hydrogens is 254 g/mol. The summed E-state index contributed by atoms with van der Waals surface area (Å²) < 4.78 is 5.39. The summed E-state index contributed by atoms with van der Waals surface area (Å²) >= 11 is 0. The molecule has 1 aromatic rings. The Morgan fingerprint density at radius 2 is 2.20 bits per heavy atom. The fourth-order valence-corrected chi connectivity index (χ4v) is 2.54. The first-order valence-corrected chi connectivity index (χ1v) is 7.51. The lowest BCUT2D eigenvalue weighted by atomic mass is 10.1. The Kier molecular flexibility index (Phi) is 5.51. The molecule has 1 aliphatic heterocycles. The van der Waals surface area contributed by atoms with E-state index < -0.39 is 0 Å². The molecule has 2 heterocycles. The van der Waals surface area contributed by atoms with Crippen LogP contribution in [-0.4, -0.2) is 60.2 Å². The molecule has 1 saturated heterocycles. The summed E-state index contributed by atoms with van der Waals surface area (Å²) in [6.45, 7) is 6.00. The van der Waals surface area contributed by atoms with Gasteiger partial charge < -0.3 is 15.2 Å². The number of aromatic nitrogens is 2. The average Bonchev–Trinajstić information content (AvgIpc) is 2.83. The van der Waals surface area contributed by atoms with Gasteiger partial charge in [-0.3, -0.25) is 4.90 Å². The Hall–Kier alpha value is -0.980. The lowest BCUT2D eigenvalue weighted by molar-refractivity contribution is 0.214. The first-order valence-electron chi connectivity index (χ1n) is 7.51. The van der Waals surface area contributed by atoms with Gasteiger partial charge in [0.1, 0.15) is 0 Å². The number of hydrogen-bond acceptors (Lipinski definition) is 6. The van der Waals surface area contributed by atoms with Gasteiger partial charge in [0.2, 0.25) is 5.89 Å². The van der Waals surface area contributed by atoms with Crippen molar-refractivity contribution in [1.82, 2.24) is 19.9 Å². The van der Waals surface area contributed by atoms with E-state index >= 15 is 0 Å². The molecule has 1 aromatic heterocycles. The standard InChI is InChI=1S/C14H27N5O/c1-11(9-15)5-6-13-16-14(17-20-13)12-10-18(2)7-4-8-19(12)3/h11-12H,4-10,15H2,1-3H3. The molecule has 0 aromatic carbocycles. The van der Waals surface area contributed by atoms with Crippen LogP contribution in [0.4, 0.5) is 0 Å². The van der Waals surface area contributed by atoms with Crippen molar-refractivity contribution >= 4 is 0 Å². The Labute approximate surface area is 121 Å². The third kappa shape index (κ3) is 4.01. The van der Waals surface area contributed by atoms with Gasteiger partial charge in [-0.05, 0) is 52.5 Å². The van der Waals surface area contributed by atoms with E-state index in [0.717, 1.165) is 44.2 Å². The molecule has 0 amide bonds. The SMILES string of the molecule is CC(CN)CCc1nc(C2CN(C)CCCN2C)no1. The second-order valence-corrected chi connectivity index (χ2v) is 6.04. The number of rotatable bonds is 5. The van der Waals surface area contributed by atoms with Crippen LogP contribution >= 0.6 is 0 Å². The van der Waals surface area contributed by atoms with E-state index in [0.29, 0.717) is 12.5 Å². The quantitative estimate of drug-likeness (QED) is 0.865. The number of nitrogens with two attached hydrogens (primary N) is 1. The molecule has 114 valence electrons. The summed E-state index contributed by atoms with van der Waals surface area (Å²) in [5.74, 6) is 2.05. The molecule has 20 heavy (non-hydrogen) atoms. The number of nitrogens with zero attached hydrogens (tertiary/aromatic N) is 4. The van der Waals surface area contributed by atoms with Crippen LogP contribution in [0.5, 0.6) is 0 Å². The monoisotopic (exact) mass is 281 g/mol. The van der Waals surface area contributed by atoms with Crippen molar-refractivity contribution in [1.29, 1.82) is 0 Å². The van der Waals surface area contributed by atoms with Crippen LogP contribution in [0.25, 0.3) is 0 Å². The summed E-state index contributed by atoms with van der Waals surface area (Å²) in [6, 6.07) is 0.229. The molecule has 2 unspecified atom stereocenters. The van der Waals surface area contributed by atoms with Crippen molar-refractivity contribution in [2.45, 2.75) is 32.2 Å². The van der Waals surface area contributed by atoms with Gasteiger partial charge in [-0.25, -0.2) is 0 Å². The largest absolute Gasteiger partial charge is 0.339 e. The summed E-state index contributed by atoms with van der Waals surface area (Å²) in [5.41, 5.74) is 5.63. The van der Waals surface area contributed by atoms with Gasteiger partial charge in [-0.2, -0.15) is 4.98 Å². The number of hydrogen-bond donors (Lipinski definition) is 1. The highest BCUT2D eigenvalue weighted by molar-refractivity contribution is 4.97. The highest BCUT2D eigenvalue weighted by atomic mass is 16.5. The minimum absolute atomic E-state index is 0.229. The summed E-state index contributed by atoms with van der Waals surface area (Å²) in [5, 5.41) is 4.18. The zero-order valence-electron chi connectivity index (χ0n) is 12.9. The average molecular weight is 281 g/mol. The van der Waals surface area contributed by atoms with Gasteiger partial charge in [0.25, 0.3) is 0 Å². The van der Waals surface area contributed by atoms with Crippen molar-refractivity contribution < 1.29 is 4.52 Å². The zero-order chi connectivity index (χ0) is 14.5. The predicted molar refractivity (Wildman–Crippen MR) is 78.3 cm³/mol. The molecule has 6 heteroatoms. The van der Waals surface area contributed by atoms with Crippen LogP contribution in [-0.2, 0) is 6.42 Å². The Morgan fingerprint density at radius 3 is 2.95 bits per heavy atom. The zero-order valence-corrected chi connectivity index (χ0v) is 12.9. The minimum Gasteiger partial charge on any atom is -0.339 e. The van der Waals surface area contributed by atoms with E-state index in [1.807, 2.05) is 0 Å². The van der Waals surface area contributed by atoms with Gasteiger partial charge >= 0.3 is 0 Å². The molecule has 6 nitrogen and oxygen atoms in total. The lowest BCUT2D eigenvalue weighted by Gasteiger charge is -2.24. The molecule has 0 spiro atoms. The third-order valence-corrected chi connectivity index (χ3v) is 4.10. The summed E-state index contributed by atoms with van der Waals surface area (Å²) in [7, 11) is 4.28. The maximum atomic E-state index is 5.63. The predicted octanol–water partition coefficient (Wildman–Crippen LogP) is 0.905. The Balaban J connectivity index is 1.99. The van der Waals surface area contributed by atoms with Gasteiger partial charge in [0.15, 0.2) is 5.82 Å². The Morgan fingerprint density at radius 1 is 1.40 bits per heavy atom. The van der Waals surface area contributed by atoms with Gasteiger partial charge in [0.05, 0.1) is 6.04 Å². The van der Waals surface area contributed by atoms with Crippen molar-refractivity contribution in [2.75, 3.05) is 40.3 Å². The smallest absolute Gasteiger partial charge is 0.226 e. The second-order valence-electron chi connectivity index (χ2n) is 6.04. The topological polar surface area (TPSA) is 71.4 Å². The molecule has 0 saturated carbocycles. The van der Waals surface area contributed by atoms with Crippen molar-refractivity contribution in [3.05, 3.63) is 11.7 Å². The second kappa shape index (κ2) is 7.15. The normalized spacial score (nSPS) is 23.7. The van der Waals surface area contributed by atoms with Crippen molar-refractivity contribution in [2.24, 2.45) is 11.7 Å². The summed E-state index contributed by atoms with van der Waals surface area (Å²) in [6.07, 6.45) is 3.00. The molecular formula is C14H27N5O. The van der Waals surface area contributed by atoms with E-state index in [1.54, 1.807) is 0 Å². The maximum absolute atomic E-state index is 5.63. The van der Waals surface area contributed by atoms with Gasteiger partial charge in [-0.15, -0.1) is 0 Å². The van der Waals surface area contributed by atoms with E-state index in [2.05, 4.69) is 41.0 Å². The fraction of sp³-hybridized carbons (Fsp3) is 0.857. The van der Waals surface area contributed by atoms with Crippen molar-refractivity contribution in [3.8, 4) is 0 Å². The van der Waals surface area contributed by atoms with Crippen LogP contribution < -0.4 is 5.73 Å². The van der Waals surface area contributed by atoms with Gasteiger partial charge in [-0.1, -0.05) is 12.1 Å². The maximum Gasteiger partial charge on any atom is 0.226 e. The lowest BCUT2D eigenvalue weighted by Crippen LogP contribution is -2.31. The van der Waals surface area contributed by atoms with Crippen molar-refractivity contribution in [3.63, 3.8) is 0 Å². The van der Waals surface area contributed by atoms with Crippen LogP contribution in [0.1, 0.15) is 37.5 Å².